The number of nitrogens with one attached hydrogen (secondary N) is 2. The molecule has 114 valence electrons. The van der Waals surface area contributed by atoms with Gasteiger partial charge in [-0.1, -0.05) is 23.2 Å². The molecule has 0 aliphatic carbocycles. The molecule has 9 heteroatoms. The van der Waals surface area contributed by atoms with Crippen LogP contribution in [0.15, 0.2) is 35.5 Å². The molecular weight excluding hydrogens is 335 g/mol. The average Bonchev–Trinajstić information content (AvgIpc) is 2.84. The first-order valence-electron chi connectivity index (χ1n) is 6.07. The Morgan fingerprint density at radius 1 is 1.24 bits per heavy atom. The summed E-state index contributed by atoms with van der Waals surface area (Å²) in [6.07, 6.45) is 2.76. The van der Waals surface area contributed by atoms with Gasteiger partial charge in [-0.05, 0) is 25.2 Å². The van der Waals surface area contributed by atoms with Crippen LogP contribution in [-0.2, 0) is 16.6 Å². The van der Waals surface area contributed by atoms with Crippen molar-refractivity contribution in [3.8, 4) is 0 Å². The van der Waals surface area contributed by atoms with Crippen LogP contribution in [0.5, 0.6) is 0 Å². The molecule has 0 aliphatic heterocycles. The number of benzene rings is 1. The van der Waals surface area contributed by atoms with E-state index in [-0.39, 0.29) is 4.90 Å². The topological polar surface area (TPSA) is 76.0 Å². The zero-order valence-corrected chi connectivity index (χ0v) is 13.5. The SMILES string of the molecule is CNCCn1cc(S(=O)(=O)Nc2cc(Cl)cc(Cl)c2)cn1. The van der Waals surface area contributed by atoms with Crippen LogP contribution in [-0.4, -0.2) is 31.8 Å². The van der Waals surface area contributed by atoms with E-state index < -0.39 is 10.0 Å². The van der Waals surface area contributed by atoms with E-state index in [0.29, 0.717) is 28.8 Å². The summed E-state index contributed by atoms with van der Waals surface area (Å²) in [6.45, 7) is 1.27. The number of sulfonamides is 1. The van der Waals surface area contributed by atoms with Gasteiger partial charge < -0.3 is 5.32 Å². The van der Waals surface area contributed by atoms with Gasteiger partial charge in [0.2, 0.25) is 0 Å². The van der Waals surface area contributed by atoms with Crippen LogP contribution in [0.3, 0.4) is 0 Å². The molecule has 1 aromatic heterocycles. The third kappa shape index (κ3) is 4.34. The Bertz CT molecular complexity index is 710. The third-order valence-corrected chi connectivity index (χ3v) is 4.40. The summed E-state index contributed by atoms with van der Waals surface area (Å²) < 4.78 is 28.5. The van der Waals surface area contributed by atoms with Crippen LogP contribution in [0.4, 0.5) is 5.69 Å². The summed E-state index contributed by atoms with van der Waals surface area (Å²) >= 11 is 11.7. The van der Waals surface area contributed by atoms with Crippen molar-refractivity contribution in [3.05, 3.63) is 40.6 Å². The van der Waals surface area contributed by atoms with Crippen LogP contribution >= 0.6 is 23.2 Å². The van der Waals surface area contributed by atoms with Crippen LogP contribution < -0.4 is 10.0 Å². The first-order valence-corrected chi connectivity index (χ1v) is 8.30. The molecular formula is C12H14Cl2N4O2S. The molecule has 2 N–H and O–H groups in total. The highest BCUT2D eigenvalue weighted by Crippen LogP contribution is 2.24. The van der Waals surface area contributed by atoms with Crippen molar-refractivity contribution in [2.45, 2.75) is 11.4 Å². The predicted octanol–water partition coefficient (Wildman–Crippen LogP) is 2.21. The number of hydrogen-bond donors (Lipinski definition) is 2. The Morgan fingerprint density at radius 3 is 2.52 bits per heavy atom. The lowest BCUT2D eigenvalue weighted by Gasteiger charge is -2.07. The van der Waals surface area contributed by atoms with E-state index in [1.54, 1.807) is 4.68 Å². The van der Waals surface area contributed by atoms with Gasteiger partial charge in [-0.25, -0.2) is 8.42 Å². The predicted molar refractivity (Wildman–Crippen MR) is 83.4 cm³/mol. The number of hydrogen-bond acceptors (Lipinski definition) is 4. The second-order valence-corrected chi connectivity index (χ2v) is 6.86. The molecule has 0 radical (unpaired) electrons. The van der Waals surface area contributed by atoms with Crippen molar-refractivity contribution in [3.63, 3.8) is 0 Å². The second kappa shape index (κ2) is 6.65. The molecule has 2 aromatic rings. The lowest BCUT2D eigenvalue weighted by Crippen LogP contribution is -2.15. The Labute approximate surface area is 133 Å². The fourth-order valence-electron chi connectivity index (χ4n) is 1.66. The molecule has 21 heavy (non-hydrogen) atoms. The zero-order valence-electron chi connectivity index (χ0n) is 11.2. The van der Waals surface area contributed by atoms with Crippen molar-refractivity contribution >= 4 is 38.9 Å². The normalized spacial score (nSPS) is 11.6. The molecule has 6 nitrogen and oxygen atoms in total. The standard InChI is InChI=1S/C12H14Cl2N4O2S/c1-15-2-3-18-8-12(7-16-18)21(19,20)17-11-5-9(13)4-10(14)6-11/h4-8,15,17H,2-3H2,1H3. The molecule has 0 unspecified atom stereocenters. The quantitative estimate of drug-likeness (QED) is 0.838. The Balaban J connectivity index is 2.19. The maximum Gasteiger partial charge on any atom is 0.265 e. The Kier molecular flexibility index (Phi) is 5.10. The third-order valence-electron chi connectivity index (χ3n) is 2.63. The molecule has 0 saturated carbocycles. The van der Waals surface area contributed by atoms with Crippen molar-refractivity contribution in [1.29, 1.82) is 0 Å². The highest BCUT2D eigenvalue weighted by molar-refractivity contribution is 7.92. The second-order valence-electron chi connectivity index (χ2n) is 4.31. The Hall–Kier alpha value is -1.28. The van der Waals surface area contributed by atoms with E-state index in [1.807, 2.05) is 7.05 Å². The molecule has 1 heterocycles. The molecule has 0 saturated heterocycles. The van der Waals surface area contributed by atoms with E-state index in [2.05, 4.69) is 15.1 Å². The first kappa shape index (κ1) is 16.1. The minimum atomic E-state index is -3.72. The largest absolute Gasteiger partial charge is 0.318 e. The molecule has 0 fully saturated rings. The minimum Gasteiger partial charge on any atom is -0.318 e. The molecule has 0 aliphatic rings. The minimum absolute atomic E-state index is 0.0784. The van der Waals surface area contributed by atoms with Gasteiger partial charge in [-0.2, -0.15) is 5.10 Å². The summed E-state index contributed by atoms with van der Waals surface area (Å²) in [5.41, 5.74) is 0.301. The maximum absolute atomic E-state index is 12.2. The van der Waals surface area contributed by atoms with Gasteiger partial charge in [-0.15, -0.1) is 0 Å². The maximum atomic E-state index is 12.2. The van der Waals surface area contributed by atoms with Gasteiger partial charge in [0, 0.05) is 22.8 Å². The Morgan fingerprint density at radius 2 is 1.90 bits per heavy atom. The van der Waals surface area contributed by atoms with Gasteiger partial charge >= 0.3 is 0 Å². The number of nitrogens with zero attached hydrogens (tertiary/aromatic N) is 2. The van der Waals surface area contributed by atoms with E-state index in [4.69, 9.17) is 23.2 Å². The zero-order chi connectivity index (χ0) is 15.5. The van der Waals surface area contributed by atoms with E-state index >= 15 is 0 Å². The first-order chi connectivity index (χ1) is 9.90. The highest BCUT2D eigenvalue weighted by atomic mass is 35.5. The van der Waals surface area contributed by atoms with Crippen molar-refractivity contribution in [2.24, 2.45) is 0 Å². The van der Waals surface area contributed by atoms with Gasteiger partial charge in [0.05, 0.1) is 18.4 Å². The lowest BCUT2D eigenvalue weighted by molar-refractivity contribution is 0.582. The molecule has 0 spiro atoms. The highest BCUT2D eigenvalue weighted by Gasteiger charge is 2.17. The number of halogens is 2. The van der Waals surface area contributed by atoms with Crippen molar-refractivity contribution in [1.82, 2.24) is 15.1 Å². The summed E-state index contributed by atoms with van der Waals surface area (Å²) in [5.74, 6) is 0. The van der Waals surface area contributed by atoms with Crippen LogP contribution in [0.2, 0.25) is 10.0 Å². The average molecular weight is 349 g/mol. The fraction of sp³-hybridized carbons (Fsp3) is 0.250. The van der Waals surface area contributed by atoms with E-state index in [9.17, 15) is 8.42 Å². The van der Waals surface area contributed by atoms with Gasteiger partial charge in [0.25, 0.3) is 10.0 Å². The number of rotatable bonds is 6. The molecule has 0 amide bonds. The van der Waals surface area contributed by atoms with Crippen LogP contribution in [0, 0.1) is 0 Å². The molecule has 0 bridgehead atoms. The van der Waals surface area contributed by atoms with Gasteiger partial charge in [0.15, 0.2) is 0 Å². The van der Waals surface area contributed by atoms with Gasteiger partial charge in [0.1, 0.15) is 4.90 Å². The smallest absolute Gasteiger partial charge is 0.265 e. The van der Waals surface area contributed by atoms with E-state index in [0.717, 1.165) is 0 Å². The summed E-state index contributed by atoms with van der Waals surface area (Å²) in [7, 11) is -1.91. The summed E-state index contributed by atoms with van der Waals surface area (Å²) in [6, 6.07) is 4.49. The fourth-order valence-corrected chi connectivity index (χ4v) is 3.18. The monoisotopic (exact) mass is 348 g/mol. The lowest BCUT2D eigenvalue weighted by atomic mass is 10.3. The number of aromatic nitrogens is 2. The van der Waals surface area contributed by atoms with E-state index in [1.165, 1.54) is 30.6 Å². The number of likely N-dealkylation sites (N-methyl/N-ethyl adjacent to an activating group) is 1. The van der Waals surface area contributed by atoms with Crippen LogP contribution in [0.1, 0.15) is 0 Å². The summed E-state index contributed by atoms with van der Waals surface area (Å²) in [4.78, 5) is 0.0784. The molecule has 2 rings (SSSR count). The summed E-state index contributed by atoms with van der Waals surface area (Å²) in [5, 5.41) is 7.67. The molecule has 0 atom stereocenters. The van der Waals surface area contributed by atoms with Crippen molar-refractivity contribution in [2.75, 3.05) is 18.3 Å². The molecule has 1 aromatic carbocycles. The van der Waals surface area contributed by atoms with Crippen molar-refractivity contribution < 1.29 is 8.42 Å². The number of anilines is 1. The van der Waals surface area contributed by atoms with Gasteiger partial charge in [-0.3, -0.25) is 9.40 Å². The van der Waals surface area contributed by atoms with Crippen LogP contribution in [0.25, 0.3) is 0 Å².